The van der Waals surface area contributed by atoms with Crippen molar-refractivity contribution in [3.63, 3.8) is 0 Å². The van der Waals surface area contributed by atoms with Crippen LogP contribution in [0.15, 0.2) is 29.3 Å². The van der Waals surface area contributed by atoms with Gasteiger partial charge in [-0.15, -0.1) is 24.0 Å². The molecule has 6 nitrogen and oxygen atoms in total. The number of guanidine groups is 1. The number of nitrogens with one attached hydrogen (secondary N) is 2. The fraction of sp³-hybridized carbons (Fsp3) is 0.667. The smallest absolute Gasteiger partial charge is 0.191 e. The van der Waals surface area contributed by atoms with Crippen LogP contribution in [0.5, 0.6) is 0 Å². The van der Waals surface area contributed by atoms with Crippen molar-refractivity contribution in [1.82, 2.24) is 15.5 Å². The highest BCUT2D eigenvalue weighted by atomic mass is 127. The molecule has 2 N–H and O–H groups in total. The number of rotatable bonds is 9. The topological polar surface area (TPSA) is 58.1 Å². The van der Waals surface area contributed by atoms with E-state index in [4.69, 9.17) is 14.5 Å². The molecule has 2 rings (SSSR count). The Labute approximate surface area is 187 Å². The maximum atomic E-state index is 5.47. The maximum absolute atomic E-state index is 5.47. The standard InChI is InChI=1S/C21H36N4O2.HI/c1-5-22-20(24-17-21(3,4)25-11-13-27-14-12-25)23-15-18-7-9-19(10-8-18)16-26-6-2;/h7-10H,5-6,11-17H2,1-4H3,(H2,22,23,24);1H. The Balaban J connectivity index is 0.00000392. The molecular formula is C21H37IN4O2. The van der Waals surface area contributed by atoms with Gasteiger partial charge in [-0.2, -0.15) is 0 Å². The Morgan fingerprint density at radius 1 is 1.11 bits per heavy atom. The number of ether oxygens (including phenoxy) is 2. The predicted molar refractivity (Wildman–Crippen MR) is 126 cm³/mol. The monoisotopic (exact) mass is 504 g/mol. The number of morpholine rings is 1. The SMILES string of the molecule is CCNC(=NCc1ccc(COCC)cc1)NCC(C)(C)N1CCOCC1.I. The van der Waals surface area contributed by atoms with Gasteiger partial charge >= 0.3 is 0 Å². The van der Waals surface area contributed by atoms with Crippen LogP contribution < -0.4 is 10.6 Å². The average Bonchev–Trinajstić information content (AvgIpc) is 2.70. The van der Waals surface area contributed by atoms with Crippen molar-refractivity contribution in [3.05, 3.63) is 35.4 Å². The lowest BCUT2D eigenvalue weighted by molar-refractivity contribution is -0.00834. The van der Waals surface area contributed by atoms with Gasteiger partial charge in [0, 0.05) is 38.3 Å². The highest BCUT2D eigenvalue weighted by Crippen LogP contribution is 2.15. The number of hydrogen-bond acceptors (Lipinski definition) is 4. The van der Waals surface area contributed by atoms with Crippen LogP contribution >= 0.6 is 24.0 Å². The van der Waals surface area contributed by atoms with Gasteiger partial charge in [-0.05, 0) is 38.8 Å². The van der Waals surface area contributed by atoms with Crippen molar-refractivity contribution in [2.45, 2.75) is 46.4 Å². The molecule has 1 aromatic rings. The van der Waals surface area contributed by atoms with E-state index < -0.39 is 0 Å². The molecule has 0 bridgehead atoms. The summed E-state index contributed by atoms with van der Waals surface area (Å²) in [4.78, 5) is 7.22. The number of benzene rings is 1. The van der Waals surface area contributed by atoms with E-state index in [0.29, 0.717) is 13.2 Å². The van der Waals surface area contributed by atoms with Gasteiger partial charge in [0.2, 0.25) is 0 Å². The first kappa shape index (κ1) is 25.1. The molecule has 0 unspecified atom stereocenters. The third-order valence-electron chi connectivity index (χ3n) is 4.82. The lowest BCUT2D eigenvalue weighted by Crippen LogP contribution is -2.56. The Morgan fingerprint density at radius 3 is 2.36 bits per heavy atom. The van der Waals surface area contributed by atoms with Crippen LogP contribution in [0, 0.1) is 0 Å². The summed E-state index contributed by atoms with van der Waals surface area (Å²) in [5, 5.41) is 6.85. The van der Waals surface area contributed by atoms with Crippen LogP contribution in [0.2, 0.25) is 0 Å². The number of aliphatic imine (C=N–C) groups is 1. The molecule has 0 amide bonds. The Kier molecular flexibility index (Phi) is 12.0. The zero-order valence-corrected chi connectivity index (χ0v) is 20.1. The van der Waals surface area contributed by atoms with E-state index in [-0.39, 0.29) is 29.5 Å². The number of hydrogen-bond donors (Lipinski definition) is 2. The Morgan fingerprint density at radius 2 is 1.75 bits per heavy atom. The van der Waals surface area contributed by atoms with E-state index in [2.05, 4.69) is 60.6 Å². The van der Waals surface area contributed by atoms with Crippen molar-refractivity contribution in [2.24, 2.45) is 4.99 Å². The van der Waals surface area contributed by atoms with Crippen LogP contribution in [-0.4, -0.2) is 62.4 Å². The van der Waals surface area contributed by atoms with Crippen molar-refractivity contribution >= 4 is 29.9 Å². The van der Waals surface area contributed by atoms with Crippen LogP contribution in [0.4, 0.5) is 0 Å². The second kappa shape index (κ2) is 13.3. The molecule has 1 aromatic carbocycles. The summed E-state index contributed by atoms with van der Waals surface area (Å²) in [5.74, 6) is 0.859. The minimum Gasteiger partial charge on any atom is -0.379 e. The molecule has 1 saturated heterocycles. The van der Waals surface area contributed by atoms with E-state index in [1.54, 1.807) is 0 Å². The lowest BCUT2D eigenvalue weighted by Gasteiger charge is -2.41. The van der Waals surface area contributed by atoms with E-state index >= 15 is 0 Å². The minimum atomic E-state index is 0. The molecule has 1 fully saturated rings. The molecule has 160 valence electrons. The molecule has 1 aliphatic heterocycles. The summed E-state index contributed by atoms with van der Waals surface area (Å²) in [5.41, 5.74) is 2.45. The largest absolute Gasteiger partial charge is 0.379 e. The van der Waals surface area contributed by atoms with Gasteiger partial charge in [0.1, 0.15) is 0 Å². The van der Waals surface area contributed by atoms with Crippen LogP contribution in [0.1, 0.15) is 38.8 Å². The fourth-order valence-corrected chi connectivity index (χ4v) is 3.05. The Bertz CT molecular complexity index is 572. The maximum Gasteiger partial charge on any atom is 0.191 e. The molecule has 0 saturated carbocycles. The predicted octanol–water partition coefficient (Wildman–Crippen LogP) is 3.01. The first-order valence-corrected chi connectivity index (χ1v) is 10.1. The molecule has 0 aromatic heterocycles. The third-order valence-corrected chi connectivity index (χ3v) is 4.82. The second-order valence-corrected chi connectivity index (χ2v) is 7.41. The van der Waals surface area contributed by atoms with Crippen molar-refractivity contribution in [3.8, 4) is 0 Å². The van der Waals surface area contributed by atoms with Gasteiger partial charge in [-0.25, -0.2) is 4.99 Å². The number of halogens is 1. The van der Waals surface area contributed by atoms with Gasteiger partial charge < -0.3 is 20.1 Å². The third kappa shape index (κ3) is 8.63. The summed E-state index contributed by atoms with van der Waals surface area (Å²) in [7, 11) is 0. The summed E-state index contributed by atoms with van der Waals surface area (Å²) in [6.45, 7) is 16.0. The molecule has 1 heterocycles. The van der Waals surface area contributed by atoms with Crippen LogP contribution in [-0.2, 0) is 22.6 Å². The molecule has 0 spiro atoms. The summed E-state index contributed by atoms with van der Waals surface area (Å²) < 4.78 is 10.9. The van der Waals surface area contributed by atoms with E-state index in [1.165, 1.54) is 11.1 Å². The zero-order valence-electron chi connectivity index (χ0n) is 17.8. The summed E-state index contributed by atoms with van der Waals surface area (Å²) in [6.07, 6.45) is 0. The van der Waals surface area contributed by atoms with Gasteiger partial charge in [0.25, 0.3) is 0 Å². The van der Waals surface area contributed by atoms with Crippen molar-refractivity contribution in [1.29, 1.82) is 0 Å². The normalized spacial score (nSPS) is 15.8. The molecule has 0 aliphatic carbocycles. The zero-order chi connectivity index (χ0) is 19.5. The average molecular weight is 504 g/mol. The molecule has 0 atom stereocenters. The van der Waals surface area contributed by atoms with Gasteiger partial charge in [0.05, 0.1) is 26.4 Å². The fourth-order valence-electron chi connectivity index (χ4n) is 3.05. The summed E-state index contributed by atoms with van der Waals surface area (Å²) >= 11 is 0. The summed E-state index contributed by atoms with van der Waals surface area (Å²) in [6, 6.07) is 8.48. The van der Waals surface area contributed by atoms with Crippen LogP contribution in [0.3, 0.4) is 0 Å². The van der Waals surface area contributed by atoms with Crippen LogP contribution in [0.25, 0.3) is 0 Å². The van der Waals surface area contributed by atoms with Gasteiger partial charge in [-0.3, -0.25) is 4.90 Å². The molecule has 0 radical (unpaired) electrons. The highest BCUT2D eigenvalue weighted by Gasteiger charge is 2.28. The quantitative estimate of drug-likeness (QED) is 0.308. The Hall–Kier alpha value is -0.900. The second-order valence-electron chi connectivity index (χ2n) is 7.41. The number of nitrogens with zero attached hydrogens (tertiary/aromatic N) is 2. The van der Waals surface area contributed by atoms with Crippen molar-refractivity contribution in [2.75, 3.05) is 46.0 Å². The first-order chi connectivity index (χ1) is 13.0. The van der Waals surface area contributed by atoms with Gasteiger partial charge in [-0.1, -0.05) is 24.3 Å². The lowest BCUT2D eigenvalue weighted by atomic mass is 10.0. The van der Waals surface area contributed by atoms with E-state index in [1.807, 2.05) is 6.92 Å². The van der Waals surface area contributed by atoms with E-state index in [0.717, 1.165) is 52.0 Å². The van der Waals surface area contributed by atoms with E-state index in [9.17, 15) is 0 Å². The molecule has 1 aliphatic rings. The van der Waals surface area contributed by atoms with Crippen molar-refractivity contribution < 1.29 is 9.47 Å². The molecule has 7 heteroatoms. The highest BCUT2D eigenvalue weighted by molar-refractivity contribution is 14.0. The molecular weight excluding hydrogens is 467 g/mol. The van der Waals surface area contributed by atoms with Gasteiger partial charge in [0.15, 0.2) is 5.96 Å². The molecule has 28 heavy (non-hydrogen) atoms. The first-order valence-electron chi connectivity index (χ1n) is 10.1. The minimum absolute atomic E-state index is 0.